The summed E-state index contributed by atoms with van der Waals surface area (Å²) in [7, 11) is 4.19. The van der Waals surface area contributed by atoms with Crippen molar-refractivity contribution in [3.63, 3.8) is 0 Å². The molecule has 3 heteroatoms. The quantitative estimate of drug-likeness (QED) is 0.703. The van der Waals surface area contributed by atoms with Gasteiger partial charge in [0.2, 0.25) is 0 Å². The van der Waals surface area contributed by atoms with E-state index in [1.807, 2.05) is 0 Å². The van der Waals surface area contributed by atoms with E-state index in [1.54, 1.807) is 0 Å². The predicted molar refractivity (Wildman–Crippen MR) is 109 cm³/mol. The van der Waals surface area contributed by atoms with Gasteiger partial charge >= 0.3 is 0 Å². The number of para-hydroxylation sites is 1. The topological polar surface area (TPSA) is 31.1 Å². The molecule has 3 nitrogen and oxygen atoms in total. The molecule has 1 saturated carbocycles. The molecule has 0 saturated heterocycles. The maximum Gasteiger partial charge on any atom is 0.0590 e. The lowest BCUT2D eigenvalue weighted by atomic mass is 9.78. The van der Waals surface area contributed by atoms with Gasteiger partial charge in [0.05, 0.1) is 5.54 Å². The van der Waals surface area contributed by atoms with Gasteiger partial charge in [-0.2, -0.15) is 0 Å². The molecule has 1 spiro atoms. The van der Waals surface area contributed by atoms with E-state index in [2.05, 4.69) is 77.8 Å². The summed E-state index contributed by atoms with van der Waals surface area (Å²) in [5.74, 6) is 0.406. The summed E-state index contributed by atoms with van der Waals surface area (Å²) >= 11 is 0. The van der Waals surface area contributed by atoms with Crippen LogP contribution in [0.3, 0.4) is 0 Å². The molecular formula is C23H27N3. The van der Waals surface area contributed by atoms with Gasteiger partial charge in [-0.15, -0.1) is 0 Å². The van der Waals surface area contributed by atoms with Crippen molar-refractivity contribution in [3.8, 4) is 0 Å². The molecule has 134 valence electrons. The zero-order valence-electron chi connectivity index (χ0n) is 15.7. The Balaban J connectivity index is 1.67. The summed E-state index contributed by atoms with van der Waals surface area (Å²) in [4.78, 5) is 5.97. The molecule has 0 radical (unpaired) electrons. The number of fused-ring (bicyclic) bond motifs is 4. The van der Waals surface area contributed by atoms with Crippen LogP contribution in [-0.4, -0.2) is 25.6 Å². The largest absolute Gasteiger partial charge is 0.378 e. The van der Waals surface area contributed by atoms with Crippen LogP contribution in [0.15, 0.2) is 48.5 Å². The van der Waals surface area contributed by atoms with Crippen molar-refractivity contribution in [3.05, 3.63) is 65.4 Å². The van der Waals surface area contributed by atoms with Gasteiger partial charge in [-0.25, -0.2) is 0 Å². The van der Waals surface area contributed by atoms with Crippen molar-refractivity contribution in [2.24, 2.45) is 0 Å². The zero-order valence-corrected chi connectivity index (χ0v) is 15.7. The maximum atomic E-state index is 3.96. The lowest BCUT2D eigenvalue weighted by Crippen LogP contribution is -2.47. The minimum Gasteiger partial charge on any atom is -0.378 e. The molecule has 2 aromatic carbocycles. The number of rotatable bonds is 2. The average Bonchev–Trinajstić information content (AvgIpc) is 3.29. The van der Waals surface area contributed by atoms with Gasteiger partial charge in [0.1, 0.15) is 0 Å². The van der Waals surface area contributed by atoms with E-state index < -0.39 is 0 Å². The molecule has 1 aliphatic heterocycles. The highest BCUT2D eigenvalue weighted by molar-refractivity contribution is 5.86. The van der Waals surface area contributed by atoms with Crippen molar-refractivity contribution in [1.29, 1.82) is 0 Å². The highest BCUT2D eigenvalue weighted by atomic mass is 15.1. The summed E-state index contributed by atoms with van der Waals surface area (Å²) in [5, 5.41) is 5.36. The number of hydrogen-bond acceptors (Lipinski definition) is 2. The first kappa shape index (κ1) is 16.0. The first-order valence-electron chi connectivity index (χ1n) is 9.81. The number of anilines is 1. The van der Waals surface area contributed by atoms with Gasteiger partial charge in [0.15, 0.2) is 0 Å². The van der Waals surface area contributed by atoms with Crippen LogP contribution in [-0.2, 0) is 5.54 Å². The van der Waals surface area contributed by atoms with E-state index in [0.29, 0.717) is 5.92 Å². The molecular weight excluding hydrogens is 318 g/mol. The molecule has 1 fully saturated rings. The van der Waals surface area contributed by atoms with Crippen LogP contribution in [0, 0.1) is 0 Å². The highest BCUT2D eigenvalue weighted by Crippen LogP contribution is 2.48. The number of aromatic amines is 1. The van der Waals surface area contributed by atoms with Crippen LogP contribution >= 0.6 is 0 Å². The Morgan fingerprint density at radius 2 is 1.69 bits per heavy atom. The van der Waals surface area contributed by atoms with Gasteiger partial charge in [-0.1, -0.05) is 43.2 Å². The second kappa shape index (κ2) is 5.88. The van der Waals surface area contributed by atoms with E-state index in [0.717, 1.165) is 6.54 Å². The second-order valence-electron chi connectivity index (χ2n) is 8.17. The van der Waals surface area contributed by atoms with Crippen LogP contribution in [0.2, 0.25) is 0 Å². The summed E-state index contributed by atoms with van der Waals surface area (Å²) in [5.41, 5.74) is 7.07. The number of nitrogens with one attached hydrogen (secondary N) is 2. The monoisotopic (exact) mass is 345 g/mol. The first-order chi connectivity index (χ1) is 12.7. The van der Waals surface area contributed by atoms with E-state index in [9.17, 15) is 0 Å². The van der Waals surface area contributed by atoms with Gasteiger partial charge in [-0.3, -0.25) is 0 Å². The Hall–Kier alpha value is -2.26. The van der Waals surface area contributed by atoms with E-state index in [4.69, 9.17) is 0 Å². The lowest BCUT2D eigenvalue weighted by Gasteiger charge is -2.39. The molecule has 5 rings (SSSR count). The lowest BCUT2D eigenvalue weighted by molar-refractivity contribution is 0.306. The molecule has 1 atom stereocenters. The highest BCUT2D eigenvalue weighted by Gasteiger charge is 2.44. The zero-order chi connectivity index (χ0) is 17.7. The van der Waals surface area contributed by atoms with Gasteiger partial charge in [-0.05, 0) is 42.2 Å². The van der Waals surface area contributed by atoms with Gasteiger partial charge < -0.3 is 15.2 Å². The molecule has 2 N–H and O–H groups in total. The van der Waals surface area contributed by atoms with Crippen LogP contribution in [0.1, 0.15) is 48.4 Å². The van der Waals surface area contributed by atoms with Crippen LogP contribution < -0.4 is 10.2 Å². The number of benzene rings is 2. The van der Waals surface area contributed by atoms with Crippen molar-refractivity contribution < 1.29 is 0 Å². The molecule has 3 aromatic rings. The average molecular weight is 345 g/mol. The Morgan fingerprint density at radius 3 is 2.42 bits per heavy atom. The van der Waals surface area contributed by atoms with Crippen LogP contribution in [0.4, 0.5) is 5.69 Å². The number of aromatic nitrogens is 1. The minimum absolute atomic E-state index is 0.161. The Bertz CT molecular complexity index is 930. The smallest absolute Gasteiger partial charge is 0.0590 e. The number of nitrogens with zero attached hydrogens (tertiary/aromatic N) is 1. The molecule has 0 bridgehead atoms. The molecule has 2 heterocycles. The fourth-order valence-electron chi connectivity index (χ4n) is 5.09. The minimum atomic E-state index is 0.161. The standard InChI is InChI=1S/C23H27N3/c1-26(2)17-11-9-16(10-12-17)19-15-24-23(13-5-6-14-23)22-21(19)18-7-3-4-8-20(18)25-22/h3-4,7-12,19,24-25H,5-6,13-15H2,1-2H3/t19-/m0/s1. The number of hydrogen-bond donors (Lipinski definition) is 2. The van der Waals surface area contributed by atoms with Crippen molar-refractivity contribution in [2.45, 2.75) is 37.1 Å². The number of H-pyrrole nitrogens is 1. The van der Waals surface area contributed by atoms with Gasteiger partial charge in [0.25, 0.3) is 0 Å². The normalized spacial score (nSPS) is 21.2. The van der Waals surface area contributed by atoms with Crippen LogP contribution in [0.5, 0.6) is 0 Å². The van der Waals surface area contributed by atoms with Crippen molar-refractivity contribution in [1.82, 2.24) is 10.3 Å². The van der Waals surface area contributed by atoms with E-state index in [1.165, 1.54) is 59.1 Å². The summed E-state index contributed by atoms with van der Waals surface area (Å²) in [6.45, 7) is 1.02. The predicted octanol–water partition coefficient (Wildman–Crippen LogP) is 4.74. The van der Waals surface area contributed by atoms with E-state index in [-0.39, 0.29) is 5.54 Å². The second-order valence-corrected chi connectivity index (χ2v) is 8.17. The maximum absolute atomic E-state index is 3.96. The fourth-order valence-corrected chi connectivity index (χ4v) is 5.09. The summed E-state index contributed by atoms with van der Waals surface area (Å²) in [6.07, 6.45) is 5.15. The molecule has 2 aliphatic rings. The first-order valence-corrected chi connectivity index (χ1v) is 9.81. The third-order valence-electron chi connectivity index (χ3n) is 6.49. The van der Waals surface area contributed by atoms with Crippen LogP contribution in [0.25, 0.3) is 10.9 Å². The molecule has 26 heavy (non-hydrogen) atoms. The third kappa shape index (κ3) is 2.30. The van der Waals surface area contributed by atoms with Gasteiger partial charge in [0, 0.05) is 48.8 Å². The SMILES string of the molecule is CN(C)c1ccc([C@@H]2CNC3(CCCC3)c3[nH]c4ccccc4c32)cc1. The van der Waals surface area contributed by atoms with Crippen molar-refractivity contribution >= 4 is 16.6 Å². The summed E-state index contributed by atoms with van der Waals surface area (Å²) in [6, 6.07) is 17.9. The third-order valence-corrected chi connectivity index (χ3v) is 6.49. The molecule has 1 aromatic heterocycles. The fraction of sp³-hybridized carbons (Fsp3) is 0.391. The van der Waals surface area contributed by atoms with E-state index >= 15 is 0 Å². The summed E-state index contributed by atoms with van der Waals surface area (Å²) < 4.78 is 0. The Labute approximate surface area is 155 Å². The molecule has 0 unspecified atom stereocenters. The Morgan fingerprint density at radius 1 is 0.962 bits per heavy atom. The Kier molecular flexibility index (Phi) is 3.61. The van der Waals surface area contributed by atoms with Crippen molar-refractivity contribution in [2.75, 3.05) is 25.5 Å². The molecule has 1 aliphatic carbocycles. The molecule has 0 amide bonds.